The van der Waals surface area contributed by atoms with Crippen molar-refractivity contribution in [3.8, 4) is 22.8 Å². The molecule has 0 radical (unpaired) electrons. The number of hydrogen-bond donors (Lipinski definition) is 3. The summed E-state index contributed by atoms with van der Waals surface area (Å²) in [5, 5.41) is -0.395. The number of benzene rings is 3. The Balaban J connectivity index is 0.00000106. The monoisotopic (exact) mass is 1060 g/mol. The van der Waals surface area contributed by atoms with Crippen molar-refractivity contribution in [2.45, 2.75) is 103 Å². The SMILES string of the molecule is C.CCOC(=O)c1cn(COCC[Si](C)(C)C)c(-c2[nH]cnc2-c2ccc(F)cc2)n1.CCOC(=O)c1cn(COCC[Si](C)(C)C)c(C=O)n1.Cc1ccc(S(=O)C([NH3+])c2ccc(F)cc2)cc1.N.O.[CH3-]. The minimum Gasteiger partial charge on any atom is -0.461 e. The van der Waals surface area contributed by atoms with Gasteiger partial charge in [0.25, 0.3) is 0 Å². The van der Waals surface area contributed by atoms with Gasteiger partial charge in [-0.1, -0.05) is 64.4 Å². The van der Waals surface area contributed by atoms with Gasteiger partial charge in [0.15, 0.2) is 34.7 Å². The van der Waals surface area contributed by atoms with E-state index in [0.717, 1.165) is 33.7 Å². The maximum atomic E-state index is 13.3. The van der Waals surface area contributed by atoms with Crippen LogP contribution < -0.4 is 11.9 Å². The predicted molar refractivity (Wildman–Crippen MR) is 284 cm³/mol. The van der Waals surface area contributed by atoms with Crippen molar-refractivity contribution in [1.29, 1.82) is 0 Å². The number of ether oxygens (including phenoxy) is 4. The Bertz CT molecular complexity index is 2560. The third-order valence-corrected chi connectivity index (χ3v) is 14.8. The van der Waals surface area contributed by atoms with E-state index in [-0.39, 0.29) is 82.0 Å². The number of aromatic amines is 1. The maximum absolute atomic E-state index is 13.3. The molecule has 0 fully saturated rings. The quantitative estimate of drug-likeness (QED) is 0.0212. The number of esters is 2. The Morgan fingerprint density at radius 2 is 1.25 bits per heavy atom. The van der Waals surface area contributed by atoms with Crippen molar-refractivity contribution < 1.29 is 57.5 Å². The Morgan fingerprint density at radius 3 is 1.74 bits per heavy atom. The molecule has 0 aliphatic heterocycles. The standard InChI is InChI=1S/C21H27FN4O3Si.C14H14FNOS.C13H22N2O4Si.CH4.CH3.H3N.H2O/c1-5-29-21(27)17-12-26(14-28-10-11-30(2,3)4)20(25-17)19-18(23-13-24-19)15-6-8-16(22)9-7-15;1-10-2-8-13(9-3-10)18(17)14(16)11-4-6-12(15)7-5-11;1-5-19-13(17)11-8-15(12(9-16)14-11)10-18-6-7-20(2,3)4;;;;/h6-9,12-13H,5,10-11,14H2,1-4H3,(H,23,24);2-9,14H,16H2,1H3;8-9H,5-7,10H2,1-4H3;1H4;2*1H3;1H2/q;;;;-1;;/p+1. The molecule has 2 unspecified atom stereocenters. The number of aromatic nitrogens is 6. The lowest BCUT2D eigenvalue weighted by Gasteiger charge is -2.16. The number of hydrogen-bond acceptors (Lipinski definition) is 12. The third kappa shape index (κ3) is 21.1. The van der Waals surface area contributed by atoms with Gasteiger partial charge in [0.05, 0.1) is 25.2 Å². The number of nitrogens with one attached hydrogen (secondary N) is 1. The highest BCUT2D eigenvalue weighted by Crippen LogP contribution is 2.29. The Kier molecular flexibility index (Phi) is 29.0. The average molecular weight is 1060 g/mol. The second kappa shape index (κ2) is 31.6. The van der Waals surface area contributed by atoms with Gasteiger partial charge in [-0.25, -0.2) is 37.5 Å². The molecule has 3 aromatic carbocycles. The summed E-state index contributed by atoms with van der Waals surface area (Å²) < 4.78 is 63.1. The zero-order valence-corrected chi connectivity index (χ0v) is 45.4. The van der Waals surface area contributed by atoms with Crippen molar-refractivity contribution in [2.24, 2.45) is 0 Å². The van der Waals surface area contributed by atoms with E-state index < -0.39 is 44.3 Å². The first kappa shape index (κ1) is 66.1. The molecule has 2 atom stereocenters. The molecule has 3 heterocycles. The molecule has 6 rings (SSSR count). The van der Waals surface area contributed by atoms with Crippen molar-refractivity contribution in [3.05, 3.63) is 139 Å². The van der Waals surface area contributed by atoms with E-state index in [1.54, 1.807) is 55.2 Å². The summed E-state index contributed by atoms with van der Waals surface area (Å²) in [4.78, 5) is 51.3. The lowest BCUT2D eigenvalue weighted by Crippen LogP contribution is -2.55. The van der Waals surface area contributed by atoms with Crippen molar-refractivity contribution in [2.75, 3.05) is 26.4 Å². The first-order chi connectivity index (χ1) is 32.2. The number of aryl methyl sites for hydroxylation is 1. The third-order valence-electron chi connectivity index (χ3n) is 9.85. The zero-order valence-electron chi connectivity index (χ0n) is 42.6. The van der Waals surface area contributed by atoms with E-state index in [0.29, 0.717) is 36.7 Å². The van der Waals surface area contributed by atoms with E-state index in [4.69, 9.17) is 18.9 Å². The molecule has 72 heavy (non-hydrogen) atoms. The lowest BCUT2D eigenvalue weighted by atomic mass is 10.1. The van der Waals surface area contributed by atoms with Crippen molar-refractivity contribution in [3.63, 3.8) is 0 Å². The van der Waals surface area contributed by atoms with Gasteiger partial charge in [-0.05, 0) is 93.5 Å². The molecule has 0 aliphatic rings. The van der Waals surface area contributed by atoms with Crippen LogP contribution in [0.1, 0.15) is 69.4 Å². The summed E-state index contributed by atoms with van der Waals surface area (Å²) in [7, 11) is -3.58. The Hall–Kier alpha value is -5.86. The molecule has 22 heteroatoms. The van der Waals surface area contributed by atoms with E-state index in [1.807, 2.05) is 31.2 Å². The fourth-order valence-electron chi connectivity index (χ4n) is 5.96. The summed E-state index contributed by atoms with van der Waals surface area (Å²) in [5.41, 5.74) is 8.10. The summed E-state index contributed by atoms with van der Waals surface area (Å²) in [6, 6.07) is 21.6. The van der Waals surface area contributed by atoms with Gasteiger partial charge in [-0.15, -0.1) is 0 Å². The second-order valence-corrected chi connectivity index (χ2v) is 30.8. The number of quaternary nitrogens is 1. The second-order valence-electron chi connectivity index (χ2n) is 17.9. The minimum atomic E-state index is -1.23. The number of nitrogens with zero attached hydrogens (tertiary/aromatic N) is 5. The number of imidazole rings is 3. The van der Waals surface area contributed by atoms with Crippen LogP contribution in [0, 0.1) is 26.0 Å². The number of halogens is 2. The van der Waals surface area contributed by atoms with Gasteiger partial charge in [0, 0.05) is 57.8 Å². The molecule has 3 aromatic heterocycles. The molecule has 9 N–H and O–H groups in total. The summed E-state index contributed by atoms with van der Waals surface area (Å²) in [6.45, 7) is 21.4. The number of H-pyrrole nitrogens is 1. The highest BCUT2D eigenvalue weighted by atomic mass is 32.2. The van der Waals surface area contributed by atoms with Crippen molar-refractivity contribution in [1.82, 2.24) is 35.2 Å². The number of carbonyl (C=O) groups is 3. The number of rotatable bonds is 20. The largest absolute Gasteiger partial charge is 0.461 e. The van der Waals surface area contributed by atoms with E-state index in [1.165, 1.54) is 35.0 Å². The highest BCUT2D eigenvalue weighted by molar-refractivity contribution is 7.85. The van der Waals surface area contributed by atoms with Crippen LogP contribution in [-0.2, 0) is 43.2 Å². The van der Waals surface area contributed by atoms with E-state index >= 15 is 0 Å². The van der Waals surface area contributed by atoms with Gasteiger partial charge in [0.1, 0.15) is 41.6 Å². The topological polar surface area (TPSA) is 264 Å². The van der Waals surface area contributed by atoms with Crippen LogP contribution in [0.2, 0.25) is 51.4 Å². The summed E-state index contributed by atoms with van der Waals surface area (Å²) >= 11 is 0. The number of aldehydes is 1. The molecule has 398 valence electrons. The van der Waals surface area contributed by atoms with Crippen LogP contribution in [0.25, 0.3) is 22.8 Å². The molecule has 0 bridgehead atoms. The first-order valence-electron chi connectivity index (χ1n) is 22.2. The van der Waals surface area contributed by atoms with Gasteiger partial charge in [-0.3, -0.25) is 4.79 Å². The molecule has 0 aliphatic carbocycles. The van der Waals surface area contributed by atoms with Gasteiger partial charge in [-0.2, -0.15) is 0 Å². The van der Waals surface area contributed by atoms with E-state index in [9.17, 15) is 27.4 Å². The van der Waals surface area contributed by atoms with Gasteiger partial charge < -0.3 is 57.9 Å². The minimum absolute atomic E-state index is 0. The molecule has 0 saturated carbocycles. The smallest absolute Gasteiger partial charge is 0.358 e. The Morgan fingerprint density at radius 1 is 0.778 bits per heavy atom. The van der Waals surface area contributed by atoms with Crippen LogP contribution in [0.4, 0.5) is 8.78 Å². The Labute approximate surface area is 427 Å². The molecule has 0 saturated heterocycles. The molecular formula is C50H76F2N8O9SSi2. The van der Waals surface area contributed by atoms with Gasteiger partial charge >= 0.3 is 11.9 Å². The van der Waals surface area contributed by atoms with Crippen LogP contribution >= 0.6 is 0 Å². The predicted octanol–water partition coefficient (Wildman–Crippen LogP) is 9.36. The normalized spacial score (nSPS) is 11.6. The number of carbonyl (C=O) groups excluding carboxylic acids is 3. The maximum Gasteiger partial charge on any atom is 0.358 e. The van der Waals surface area contributed by atoms with Crippen molar-refractivity contribution >= 4 is 45.2 Å². The summed E-state index contributed by atoms with van der Waals surface area (Å²) in [6.07, 6.45) is 5.25. The molecule has 0 spiro atoms. The molecule has 17 nitrogen and oxygen atoms in total. The van der Waals surface area contributed by atoms with E-state index in [2.05, 4.69) is 65.0 Å². The molecule has 0 amide bonds. The highest BCUT2D eigenvalue weighted by Gasteiger charge is 2.23. The summed E-state index contributed by atoms with van der Waals surface area (Å²) in [5.74, 6) is -0.979. The van der Waals surface area contributed by atoms with Crippen LogP contribution in [-0.4, -0.2) is 99.6 Å². The zero-order chi connectivity index (χ0) is 50.0. The molecular weight excluding hydrogens is 983 g/mol. The lowest BCUT2D eigenvalue weighted by molar-refractivity contribution is -0.392. The van der Waals surface area contributed by atoms with Crippen LogP contribution in [0.15, 0.2) is 96.4 Å². The average Bonchev–Trinajstić information content (AvgIpc) is 4.06. The first-order valence-corrected chi connectivity index (χ1v) is 30.8. The fourth-order valence-corrected chi connectivity index (χ4v) is 8.61. The molecule has 6 aromatic rings. The van der Waals surface area contributed by atoms with Crippen LogP contribution in [0.3, 0.4) is 0 Å². The van der Waals surface area contributed by atoms with Crippen LogP contribution in [0.5, 0.6) is 0 Å². The van der Waals surface area contributed by atoms with Gasteiger partial charge in [0.2, 0.25) is 0 Å². The fraction of sp³-hybridized carbons (Fsp3) is 0.380.